The van der Waals surface area contributed by atoms with Crippen LogP contribution in [0.2, 0.25) is 0 Å². The second-order valence-corrected chi connectivity index (χ2v) is 5.13. The summed E-state index contributed by atoms with van der Waals surface area (Å²) in [7, 11) is 0. The van der Waals surface area contributed by atoms with Crippen LogP contribution in [0.4, 0.5) is 0 Å². The highest BCUT2D eigenvalue weighted by Crippen LogP contribution is 2.37. The smallest absolute Gasteiger partial charge is 0.243 e. The van der Waals surface area contributed by atoms with Gasteiger partial charge in [-0.25, -0.2) is 0 Å². The zero-order valence-corrected chi connectivity index (χ0v) is 11.3. The number of nitrogens with zero attached hydrogens (tertiary/aromatic N) is 3. The van der Waals surface area contributed by atoms with Gasteiger partial charge in [0, 0.05) is 13.1 Å². The summed E-state index contributed by atoms with van der Waals surface area (Å²) in [6.07, 6.45) is 4.34. The Bertz CT molecular complexity index is 371. The first kappa shape index (κ1) is 14.5. The second kappa shape index (κ2) is 6.40. The quantitative estimate of drug-likeness (QED) is 0.766. The molecule has 18 heavy (non-hydrogen) atoms. The molecule has 0 bridgehead atoms. The molecule has 1 unspecified atom stereocenters. The van der Waals surface area contributed by atoms with Crippen LogP contribution in [0.5, 0.6) is 0 Å². The van der Waals surface area contributed by atoms with Gasteiger partial charge < -0.3 is 4.90 Å². The molecule has 0 heterocycles. The SMILES string of the molecule is CCN(CC(C)C#N)C(=O)C1(C#N)CCCCC1. The van der Waals surface area contributed by atoms with Crippen molar-refractivity contribution in [2.75, 3.05) is 13.1 Å². The van der Waals surface area contributed by atoms with Gasteiger partial charge in [-0.2, -0.15) is 10.5 Å². The molecule has 0 spiro atoms. The average Bonchev–Trinajstić information content (AvgIpc) is 2.44. The van der Waals surface area contributed by atoms with E-state index in [2.05, 4.69) is 12.1 Å². The van der Waals surface area contributed by atoms with Gasteiger partial charge in [0.2, 0.25) is 5.91 Å². The van der Waals surface area contributed by atoms with Crippen molar-refractivity contribution in [3.8, 4) is 12.1 Å². The predicted octanol–water partition coefficient (Wildman–Crippen LogP) is 2.47. The van der Waals surface area contributed by atoms with E-state index >= 15 is 0 Å². The monoisotopic (exact) mass is 247 g/mol. The maximum Gasteiger partial charge on any atom is 0.243 e. The third-order valence-electron chi connectivity index (χ3n) is 3.71. The normalized spacial score (nSPS) is 19.3. The Labute approximate surface area is 109 Å². The van der Waals surface area contributed by atoms with E-state index in [9.17, 15) is 10.1 Å². The van der Waals surface area contributed by atoms with Gasteiger partial charge in [0.15, 0.2) is 0 Å². The fraction of sp³-hybridized carbons (Fsp3) is 0.786. The molecule has 1 fully saturated rings. The van der Waals surface area contributed by atoms with E-state index in [0.717, 1.165) is 19.3 Å². The molecule has 98 valence electrons. The lowest BCUT2D eigenvalue weighted by Crippen LogP contribution is -2.45. The van der Waals surface area contributed by atoms with Gasteiger partial charge in [0.1, 0.15) is 5.41 Å². The summed E-state index contributed by atoms with van der Waals surface area (Å²) in [5.41, 5.74) is -0.830. The molecule has 0 aromatic rings. The number of carbonyl (C=O) groups excluding carboxylic acids is 1. The van der Waals surface area contributed by atoms with E-state index in [4.69, 9.17) is 5.26 Å². The van der Waals surface area contributed by atoms with E-state index in [1.54, 1.807) is 11.8 Å². The summed E-state index contributed by atoms with van der Waals surface area (Å²) in [6, 6.07) is 4.39. The molecule has 0 N–H and O–H groups in total. The van der Waals surface area contributed by atoms with Gasteiger partial charge in [-0.1, -0.05) is 19.3 Å². The fourth-order valence-electron chi connectivity index (χ4n) is 2.56. The van der Waals surface area contributed by atoms with E-state index in [1.807, 2.05) is 6.92 Å². The minimum absolute atomic E-state index is 0.0747. The lowest BCUT2D eigenvalue weighted by molar-refractivity contribution is -0.140. The van der Waals surface area contributed by atoms with E-state index in [0.29, 0.717) is 25.9 Å². The van der Waals surface area contributed by atoms with Crippen molar-refractivity contribution in [1.82, 2.24) is 4.90 Å². The summed E-state index contributed by atoms with van der Waals surface area (Å²) in [6.45, 7) is 4.69. The Morgan fingerprint density at radius 3 is 2.39 bits per heavy atom. The summed E-state index contributed by atoms with van der Waals surface area (Å²) >= 11 is 0. The molecule has 1 amide bonds. The average molecular weight is 247 g/mol. The molecule has 1 rings (SSSR count). The second-order valence-electron chi connectivity index (χ2n) is 5.13. The van der Waals surface area contributed by atoms with Crippen LogP contribution in [-0.2, 0) is 4.79 Å². The van der Waals surface area contributed by atoms with Crippen molar-refractivity contribution in [1.29, 1.82) is 10.5 Å². The largest absolute Gasteiger partial charge is 0.340 e. The van der Waals surface area contributed by atoms with Crippen LogP contribution in [-0.4, -0.2) is 23.9 Å². The van der Waals surface area contributed by atoms with Crippen LogP contribution in [0.15, 0.2) is 0 Å². The first-order valence-corrected chi connectivity index (χ1v) is 6.70. The first-order chi connectivity index (χ1) is 8.59. The highest BCUT2D eigenvalue weighted by Gasteiger charge is 2.42. The Morgan fingerprint density at radius 2 is 1.94 bits per heavy atom. The maximum atomic E-state index is 12.5. The van der Waals surface area contributed by atoms with Crippen molar-refractivity contribution < 1.29 is 4.79 Å². The number of carbonyl (C=O) groups is 1. The Kier molecular flexibility index (Phi) is 5.16. The zero-order valence-electron chi connectivity index (χ0n) is 11.3. The summed E-state index contributed by atoms with van der Waals surface area (Å²) < 4.78 is 0. The molecular weight excluding hydrogens is 226 g/mol. The first-order valence-electron chi connectivity index (χ1n) is 6.70. The third-order valence-corrected chi connectivity index (χ3v) is 3.71. The Balaban J connectivity index is 2.82. The molecule has 1 atom stereocenters. The number of amides is 1. The molecule has 1 aliphatic carbocycles. The summed E-state index contributed by atoms with van der Waals surface area (Å²) in [5.74, 6) is -0.262. The van der Waals surface area contributed by atoms with Crippen LogP contribution in [0.3, 0.4) is 0 Å². The predicted molar refractivity (Wildman–Crippen MR) is 68.2 cm³/mol. The van der Waals surface area contributed by atoms with Gasteiger partial charge in [-0.3, -0.25) is 4.79 Å². The van der Waals surface area contributed by atoms with Crippen molar-refractivity contribution in [3.63, 3.8) is 0 Å². The standard InChI is InChI=1S/C14H21N3O/c1-3-17(10-12(2)9-15)13(18)14(11-16)7-5-4-6-8-14/h12H,3-8,10H2,1-2H3. The third kappa shape index (κ3) is 3.01. The molecule has 1 aliphatic rings. The topological polar surface area (TPSA) is 67.9 Å². The highest BCUT2D eigenvalue weighted by atomic mass is 16.2. The molecular formula is C14H21N3O. The van der Waals surface area contributed by atoms with Gasteiger partial charge in [-0.05, 0) is 26.7 Å². The number of rotatable bonds is 4. The Hall–Kier alpha value is -1.55. The van der Waals surface area contributed by atoms with Crippen molar-refractivity contribution in [2.24, 2.45) is 11.3 Å². The van der Waals surface area contributed by atoms with Crippen molar-refractivity contribution >= 4 is 5.91 Å². The molecule has 4 heteroatoms. The van der Waals surface area contributed by atoms with Gasteiger partial charge >= 0.3 is 0 Å². The lowest BCUT2D eigenvalue weighted by atomic mass is 9.74. The van der Waals surface area contributed by atoms with Gasteiger partial charge in [0.05, 0.1) is 18.1 Å². The van der Waals surface area contributed by atoms with Crippen LogP contribution >= 0.6 is 0 Å². The molecule has 4 nitrogen and oxygen atoms in total. The minimum Gasteiger partial charge on any atom is -0.340 e. The van der Waals surface area contributed by atoms with E-state index in [1.165, 1.54) is 0 Å². The van der Waals surface area contributed by atoms with Gasteiger partial charge in [-0.15, -0.1) is 0 Å². The Morgan fingerprint density at radius 1 is 1.33 bits per heavy atom. The molecule has 0 saturated heterocycles. The van der Waals surface area contributed by atoms with Gasteiger partial charge in [0.25, 0.3) is 0 Å². The van der Waals surface area contributed by atoms with Crippen LogP contribution in [0, 0.1) is 34.0 Å². The van der Waals surface area contributed by atoms with Crippen molar-refractivity contribution in [2.45, 2.75) is 46.0 Å². The lowest BCUT2D eigenvalue weighted by Gasteiger charge is -2.34. The molecule has 0 aromatic heterocycles. The zero-order chi connectivity index (χ0) is 13.6. The summed E-state index contributed by atoms with van der Waals surface area (Å²) in [4.78, 5) is 14.2. The van der Waals surface area contributed by atoms with Crippen LogP contribution in [0.1, 0.15) is 46.0 Å². The summed E-state index contributed by atoms with van der Waals surface area (Å²) in [5, 5.41) is 18.2. The number of nitriles is 2. The number of hydrogen-bond donors (Lipinski definition) is 0. The van der Waals surface area contributed by atoms with E-state index in [-0.39, 0.29) is 11.8 Å². The molecule has 0 radical (unpaired) electrons. The molecule has 0 aromatic carbocycles. The maximum absolute atomic E-state index is 12.5. The number of hydrogen-bond acceptors (Lipinski definition) is 3. The van der Waals surface area contributed by atoms with Crippen LogP contribution < -0.4 is 0 Å². The minimum atomic E-state index is -0.830. The fourth-order valence-corrected chi connectivity index (χ4v) is 2.56. The van der Waals surface area contributed by atoms with Crippen LogP contribution in [0.25, 0.3) is 0 Å². The molecule has 0 aliphatic heterocycles. The van der Waals surface area contributed by atoms with E-state index < -0.39 is 5.41 Å². The molecule has 1 saturated carbocycles. The highest BCUT2D eigenvalue weighted by molar-refractivity contribution is 5.85. The van der Waals surface area contributed by atoms with Crippen molar-refractivity contribution in [3.05, 3.63) is 0 Å².